The minimum atomic E-state index is -0.226. The quantitative estimate of drug-likeness (QED) is 0.928. The Bertz CT molecular complexity index is 667. The Morgan fingerprint density at radius 2 is 1.87 bits per heavy atom. The minimum Gasteiger partial charge on any atom is -0.325 e. The fourth-order valence-corrected chi connectivity index (χ4v) is 3.10. The standard InChI is InChI=1S/C19H21FN2O/c1-14-4-10-17(11-5-14)21-19(23)13-22-12-2-3-18(22)15-6-8-16(20)9-7-15/h4-11,18H,2-3,12-13H2,1H3,(H,21,23). The van der Waals surface area contributed by atoms with Crippen molar-refractivity contribution in [1.82, 2.24) is 4.90 Å². The molecule has 1 aliphatic rings. The zero-order chi connectivity index (χ0) is 16.2. The molecule has 0 radical (unpaired) electrons. The van der Waals surface area contributed by atoms with Crippen LogP contribution in [-0.4, -0.2) is 23.9 Å². The number of benzene rings is 2. The highest BCUT2D eigenvalue weighted by Crippen LogP contribution is 2.31. The van der Waals surface area contributed by atoms with Gasteiger partial charge in [-0.15, -0.1) is 0 Å². The number of hydrogen-bond donors (Lipinski definition) is 1. The summed E-state index contributed by atoms with van der Waals surface area (Å²) in [5.41, 5.74) is 3.06. The first kappa shape index (κ1) is 15.7. The number of aryl methyl sites for hydroxylation is 1. The maximum Gasteiger partial charge on any atom is 0.238 e. The lowest BCUT2D eigenvalue weighted by Crippen LogP contribution is -2.32. The molecule has 1 N–H and O–H groups in total. The highest BCUT2D eigenvalue weighted by Gasteiger charge is 2.27. The third-order valence-electron chi connectivity index (χ3n) is 4.30. The fraction of sp³-hybridized carbons (Fsp3) is 0.316. The van der Waals surface area contributed by atoms with Gasteiger partial charge in [-0.25, -0.2) is 4.39 Å². The third-order valence-corrected chi connectivity index (χ3v) is 4.30. The second kappa shape index (κ2) is 6.92. The van der Waals surface area contributed by atoms with Crippen LogP contribution in [0.3, 0.4) is 0 Å². The van der Waals surface area contributed by atoms with Gasteiger partial charge in [0.15, 0.2) is 0 Å². The summed E-state index contributed by atoms with van der Waals surface area (Å²) in [7, 11) is 0. The number of carbonyl (C=O) groups excluding carboxylic acids is 1. The number of nitrogens with zero attached hydrogens (tertiary/aromatic N) is 1. The predicted octanol–water partition coefficient (Wildman–Crippen LogP) is 3.91. The summed E-state index contributed by atoms with van der Waals surface area (Å²) >= 11 is 0. The largest absolute Gasteiger partial charge is 0.325 e. The Balaban J connectivity index is 1.62. The van der Waals surface area contributed by atoms with Crippen LogP contribution in [0.15, 0.2) is 48.5 Å². The molecule has 120 valence electrons. The van der Waals surface area contributed by atoms with E-state index in [1.807, 2.05) is 43.3 Å². The Kier molecular flexibility index (Phi) is 4.72. The number of hydrogen-bond acceptors (Lipinski definition) is 2. The summed E-state index contributed by atoms with van der Waals surface area (Å²) in [6, 6.07) is 14.6. The van der Waals surface area contributed by atoms with E-state index in [4.69, 9.17) is 0 Å². The van der Waals surface area contributed by atoms with Gasteiger partial charge in [-0.1, -0.05) is 29.8 Å². The van der Waals surface area contributed by atoms with E-state index in [9.17, 15) is 9.18 Å². The molecule has 1 unspecified atom stereocenters. The van der Waals surface area contributed by atoms with Crippen molar-refractivity contribution in [3.63, 3.8) is 0 Å². The molecule has 0 aliphatic carbocycles. The van der Waals surface area contributed by atoms with Crippen LogP contribution < -0.4 is 5.32 Å². The summed E-state index contributed by atoms with van der Waals surface area (Å²) in [5.74, 6) is -0.238. The molecule has 23 heavy (non-hydrogen) atoms. The van der Waals surface area contributed by atoms with Crippen LogP contribution in [0.5, 0.6) is 0 Å². The molecule has 1 saturated heterocycles. The molecule has 2 aromatic rings. The Labute approximate surface area is 136 Å². The average molecular weight is 312 g/mol. The van der Waals surface area contributed by atoms with Gasteiger partial charge >= 0.3 is 0 Å². The number of amides is 1. The minimum absolute atomic E-state index is 0.0112. The number of likely N-dealkylation sites (tertiary alicyclic amines) is 1. The normalized spacial score (nSPS) is 18.1. The first-order chi connectivity index (χ1) is 11.1. The van der Waals surface area contributed by atoms with Crippen molar-refractivity contribution in [2.24, 2.45) is 0 Å². The molecule has 4 heteroatoms. The molecule has 0 bridgehead atoms. The second-order valence-electron chi connectivity index (χ2n) is 6.09. The Morgan fingerprint density at radius 1 is 1.17 bits per heavy atom. The third kappa shape index (κ3) is 3.96. The molecule has 3 nitrogen and oxygen atoms in total. The van der Waals surface area contributed by atoms with Gasteiger partial charge in [0.25, 0.3) is 0 Å². The van der Waals surface area contributed by atoms with E-state index in [1.165, 1.54) is 17.7 Å². The number of halogens is 1. The van der Waals surface area contributed by atoms with Gasteiger partial charge in [-0.05, 0) is 56.1 Å². The van der Waals surface area contributed by atoms with Crippen molar-refractivity contribution in [3.8, 4) is 0 Å². The number of rotatable bonds is 4. The predicted molar refractivity (Wildman–Crippen MR) is 89.8 cm³/mol. The van der Waals surface area contributed by atoms with Crippen LogP contribution in [0.2, 0.25) is 0 Å². The van der Waals surface area contributed by atoms with Crippen molar-refractivity contribution in [2.75, 3.05) is 18.4 Å². The summed E-state index contributed by atoms with van der Waals surface area (Å²) in [6.45, 7) is 3.27. The molecule has 1 atom stereocenters. The van der Waals surface area contributed by atoms with Gasteiger partial charge in [-0.3, -0.25) is 9.69 Å². The van der Waals surface area contributed by atoms with E-state index in [1.54, 1.807) is 0 Å². The zero-order valence-electron chi connectivity index (χ0n) is 13.3. The van der Waals surface area contributed by atoms with Crippen LogP contribution >= 0.6 is 0 Å². The van der Waals surface area contributed by atoms with Crippen LogP contribution in [0.25, 0.3) is 0 Å². The van der Waals surface area contributed by atoms with Crippen molar-refractivity contribution < 1.29 is 9.18 Å². The van der Waals surface area contributed by atoms with Gasteiger partial charge in [0, 0.05) is 11.7 Å². The molecule has 2 aromatic carbocycles. The number of anilines is 1. The lowest BCUT2D eigenvalue weighted by molar-refractivity contribution is -0.117. The maximum absolute atomic E-state index is 13.1. The lowest BCUT2D eigenvalue weighted by atomic mass is 10.0. The van der Waals surface area contributed by atoms with Crippen LogP contribution in [0, 0.1) is 12.7 Å². The first-order valence-electron chi connectivity index (χ1n) is 7.98. The highest BCUT2D eigenvalue weighted by atomic mass is 19.1. The molecule has 0 aromatic heterocycles. The van der Waals surface area contributed by atoms with E-state index in [0.29, 0.717) is 6.54 Å². The van der Waals surface area contributed by atoms with E-state index < -0.39 is 0 Å². The topological polar surface area (TPSA) is 32.3 Å². The van der Waals surface area contributed by atoms with Gasteiger partial charge in [0.05, 0.1) is 6.54 Å². The molecule has 1 fully saturated rings. The SMILES string of the molecule is Cc1ccc(NC(=O)CN2CCCC2c2ccc(F)cc2)cc1. The van der Waals surface area contributed by atoms with E-state index in [0.717, 1.165) is 30.6 Å². The van der Waals surface area contributed by atoms with Gasteiger partial charge in [0.1, 0.15) is 5.82 Å². The van der Waals surface area contributed by atoms with Crippen molar-refractivity contribution in [1.29, 1.82) is 0 Å². The van der Waals surface area contributed by atoms with Gasteiger partial charge < -0.3 is 5.32 Å². The van der Waals surface area contributed by atoms with E-state index in [2.05, 4.69) is 10.2 Å². The average Bonchev–Trinajstić information content (AvgIpc) is 2.98. The Hall–Kier alpha value is -2.20. The lowest BCUT2D eigenvalue weighted by Gasteiger charge is -2.24. The smallest absolute Gasteiger partial charge is 0.238 e. The summed E-state index contributed by atoms with van der Waals surface area (Å²) in [6.07, 6.45) is 2.06. The second-order valence-corrected chi connectivity index (χ2v) is 6.09. The monoisotopic (exact) mass is 312 g/mol. The molecule has 0 spiro atoms. The first-order valence-corrected chi connectivity index (χ1v) is 7.98. The molecule has 1 amide bonds. The van der Waals surface area contributed by atoms with Crippen molar-refractivity contribution >= 4 is 11.6 Å². The summed E-state index contributed by atoms with van der Waals surface area (Å²) < 4.78 is 13.1. The fourth-order valence-electron chi connectivity index (χ4n) is 3.10. The molecular formula is C19H21FN2O. The van der Waals surface area contributed by atoms with E-state index >= 15 is 0 Å². The highest BCUT2D eigenvalue weighted by molar-refractivity contribution is 5.92. The molecule has 3 rings (SSSR count). The Morgan fingerprint density at radius 3 is 2.57 bits per heavy atom. The molecule has 0 saturated carbocycles. The van der Waals surface area contributed by atoms with Gasteiger partial charge in [-0.2, -0.15) is 0 Å². The van der Waals surface area contributed by atoms with Crippen molar-refractivity contribution in [2.45, 2.75) is 25.8 Å². The zero-order valence-corrected chi connectivity index (χ0v) is 13.3. The van der Waals surface area contributed by atoms with Gasteiger partial charge in [0.2, 0.25) is 5.91 Å². The number of carbonyl (C=O) groups is 1. The number of nitrogens with one attached hydrogen (secondary N) is 1. The molecular weight excluding hydrogens is 291 g/mol. The maximum atomic E-state index is 13.1. The summed E-state index contributed by atoms with van der Waals surface area (Å²) in [5, 5.41) is 2.94. The van der Waals surface area contributed by atoms with Crippen LogP contribution in [0.4, 0.5) is 10.1 Å². The molecule has 1 aliphatic heterocycles. The van der Waals surface area contributed by atoms with Crippen LogP contribution in [0.1, 0.15) is 30.0 Å². The summed E-state index contributed by atoms with van der Waals surface area (Å²) in [4.78, 5) is 14.4. The van der Waals surface area contributed by atoms with E-state index in [-0.39, 0.29) is 17.8 Å². The molecule has 1 heterocycles. The van der Waals surface area contributed by atoms with Crippen LogP contribution in [-0.2, 0) is 4.79 Å². The van der Waals surface area contributed by atoms with Crippen molar-refractivity contribution in [3.05, 3.63) is 65.5 Å².